The highest BCUT2D eigenvalue weighted by atomic mass is 19.1. The minimum absolute atomic E-state index is 0.103. The maximum absolute atomic E-state index is 13.4. The van der Waals surface area contributed by atoms with Gasteiger partial charge in [-0.05, 0) is 18.2 Å². The summed E-state index contributed by atoms with van der Waals surface area (Å²) in [5.41, 5.74) is 9.28. The van der Waals surface area contributed by atoms with Crippen molar-refractivity contribution < 1.29 is 4.39 Å². The fourth-order valence-electron chi connectivity index (χ4n) is 2.58. The van der Waals surface area contributed by atoms with Crippen LogP contribution < -0.4 is 5.73 Å². The molecule has 2 heterocycles. The second kappa shape index (κ2) is 5.66. The van der Waals surface area contributed by atoms with E-state index in [9.17, 15) is 4.39 Å². The molecule has 116 valence electrons. The SMILES string of the molecule is Nc1nnc(-c2ccc3ncc(F)cc3c2)c(-c2ccccc2)n1. The molecule has 2 N–H and O–H groups in total. The van der Waals surface area contributed by atoms with Gasteiger partial charge < -0.3 is 5.73 Å². The number of halogens is 1. The van der Waals surface area contributed by atoms with Gasteiger partial charge in [0, 0.05) is 16.5 Å². The summed E-state index contributed by atoms with van der Waals surface area (Å²) in [6.07, 6.45) is 1.20. The molecule has 4 rings (SSSR count). The molecule has 4 aromatic rings. The number of anilines is 1. The number of nitrogen functional groups attached to an aromatic ring is 1. The second-order valence-electron chi connectivity index (χ2n) is 5.29. The van der Waals surface area contributed by atoms with Gasteiger partial charge in [-0.3, -0.25) is 4.98 Å². The number of aromatic nitrogens is 4. The third-order valence-corrected chi connectivity index (χ3v) is 3.67. The summed E-state index contributed by atoms with van der Waals surface area (Å²) >= 11 is 0. The van der Waals surface area contributed by atoms with E-state index in [1.807, 2.05) is 48.5 Å². The van der Waals surface area contributed by atoms with Crippen molar-refractivity contribution in [3.05, 3.63) is 66.6 Å². The Bertz CT molecular complexity index is 1030. The minimum Gasteiger partial charge on any atom is -0.366 e. The van der Waals surface area contributed by atoms with E-state index in [4.69, 9.17) is 5.73 Å². The number of fused-ring (bicyclic) bond motifs is 1. The monoisotopic (exact) mass is 317 g/mol. The fraction of sp³-hybridized carbons (Fsp3) is 0. The predicted octanol–water partition coefficient (Wildman–Crippen LogP) is 3.48. The van der Waals surface area contributed by atoms with Crippen molar-refractivity contribution >= 4 is 16.9 Å². The highest BCUT2D eigenvalue weighted by Crippen LogP contribution is 2.30. The van der Waals surface area contributed by atoms with Gasteiger partial charge in [-0.15, -0.1) is 10.2 Å². The van der Waals surface area contributed by atoms with Gasteiger partial charge in [0.05, 0.1) is 11.7 Å². The number of pyridine rings is 1. The predicted molar refractivity (Wildman–Crippen MR) is 90.4 cm³/mol. The van der Waals surface area contributed by atoms with Gasteiger partial charge in [-0.1, -0.05) is 36.4 Å². The second-order valence-corrected chi connectivity index (χ2v) is 5.29. The molecule has 0 radical (unpaired) electrons. The molecule has 2 aromatic heterocycles. The normalized spacial score (nSPS) is 10.9. The van der Waals surface area contributed by atoms with Gasteiger partial charge in [0.2, 0.25) is 5.95 Å². The molecule has 0 bridgehead atoms. The maximum Gasteiger partial charge on any atom is 0.240 e. The Hall–Kier alpha value is -3.41. The van der Waals surface area contributed by atoms with Crippen LogP contribution in [0.5, 0.6) is 0 Å². The summed E-state index contributed by atoms with van der Waals surface area (Å²) < 4.78 is 13.4. The van der Waals surface area contributed by atoms with Crippen molar-refractivity contribution in [2.45, 2.75) is 0 Å². The van der Waals surface area contributed by atoms with Crippen molar-refractivity contribution in [2.75, 3.05) is 5.73 Å². The number of nitrogens with zero attached hydrogens (tertiary/aromatic N) is 4. The van der Waals surface area contributed by atoms with Crippen LogP contribution >= 0.6 is 0 Å². The highest BCUT2D eigenvalue weighted by molar-refractivity contribution is 5.87. The van der Waals surface area contributed by atoms with Gasteiger partial charge in [0.1, 0.15) is 17.2 Å². The van der Waals surface area contributed by atoms with E-state index in [2.05, 4.69) is 20.2 Å². The molecule has 2 aromatic carbocycles. The minimum atomic E-state index is -0.385. The van der Waals surface area contributed by atoms with Crippen LogP contribution in [-0.4, -0.2) is 20.2 Å². The molecule has 0 fully saturated rings. The zero-order chi connectivity index (χ0) is 16.5. The Balaban J connectivity index is 1.93. The highest BCUT2D eigenvalue weighted by Gasteiger charge is 2.13. The van der Waals surface area contributed by atoms with Crippen LogP contribution in [0.1, 0.15) is 0 Å². The summed E-state index contributed by atoms with van der Waals surface area (Å²) in [4.78, 5) is 8.40. The van der Waals surface area contributed by atoms with Crippen molar-refractivity contribution in [3.8, 4) is 22.5 Å². The number of rotatable bonds is 2. The first-order chi connectivity index (χ1) is 11.7. The Morgan fingerprint density at radius 1 is 0.833 bits per heavy atom. The molecule has 0 aliphatic heterocycles. The molecule has 6 heteroatoms. The first kappa shape index (κ1) is 14.2. The van der Waals surface area contributed by atoms with E-state index in [0.717, 1.165) is 11.1 Å². The summed E-state index contributed by atoms with van der Waals surface area (Å²) in [6, 6.07) is 16.5. The Labute approximate surface area is 137 Å². The molecular weight excluding hydrogens is 305 g/mol. The fourth-order valence-corrected chi connectivity index (χ4v) is 2.58. The number of hydrogen-bond donors (Lipinski definition) is 1. The van der Waals surface area contributed by atoms with Gasteiger partial charge in [-0.2, -0.15) is 0 Å². The lowest BCUT2D eigenvalue weighted by Gasteiger charge is -2.09. The molecule has 0 aliphatic carbocycles. The average molecular weight is 317 g/mol. The smallest absolute Gasteiger partial charge is 0.240 e. The van der Waals surface area contributed by atoms with Crippen molar-refractivity contribution in [1.82, 2.24) is 20.2 Å². The quantitative estimate of drug-likeness (QED) is 0.612. The van der Waals surface area contributed by atoms with Crippen LogP contribution in [0, 0.1) is 5.82 Å². The standard InChI is InChI=1S/C18H12FN5/c19-14-9-13-8-12(6-7-15(13)21-10-14)17-16(22-18(20)24-23-17)11-4-2-1-3-5-11/h1-10H,(H2,20,22,24). The van der Waals surface area contributed by atoms with Gasteiger partial charge >= 0.3 is 0 Å². The largest absolute Gasteiger partial charge is 0.366 e. The molecular formula is C18H12FN5. The lowest BCUT2D eigenvalue weighted by atomic mass is 10.0. The molecule has 0 spiro atoms. The van der Waals surface area contributed by atoms with E-state index in [1.54, 1.807) is 0 Å². The average Bonchev–Trinajstić information content (AvgIpc) is 2.62. The number of hydrogen-bond acceptors (Lipinski definition) is 5. The zero-order valence-electron chi connectivity index (χ0n) is 12.5. The Morgan fingerprint density at radius 2 is 1.67 bits per heavy atom. The topological polar surface area (TPSA) is 77.6 Å². The Kier molecular flexibility index (Phi) is 3.35. The van der Waals surface area contributed by atoms with Crippen molar-refractivity contribution in [2.24, 2.45) is 0 Å². The van der Waals surface area contributed by atoms with Crippen LogP contribution in [-0.2, 0) is 0 Å². The Morgan fingerprint density at radius 3 is 2.50 bits per heavy atom. The molecule has 24 heavy (non-hydrogen) atoms. The number of benzene rings is 2. The molecule has 5 nitrogen and oxygen atoms in total. The van der Waals surface area contributed by atoms with Crippen molar-refractivity contribution in [1.29, 1.82) is 0 Å². The number of nitrogens with two attached hydrogens (primary N) is 1. The van der Waals surface area contributed by atoms with Crippen LogP contribution in [0.25, 0.3) is 33.4 Å². The summed E-state index contributed by atoms with van der Waals surface area (Å²) in [5.74, 6) is -0.282. The van der Waals surface area contributed by atoms with Crippen LogP contribution in [0.3, 0.4) is 0 Å². The molecule has 0 saturated carbocycles. The van der Waals surface area contributed by atoms with E-state index in [1.165, 1.54) is 12.3 Å². The maximum atomic E-state index is 13.4. The van der Waals surface area contributed by atoms with Crippen molar-refractivity contribution in [3.63, 3.8) is 0 Å². The van der Waals surface area contributed by atoms with Gasteiger partial charge in [0.15, 0.2) is 0 Å². The van der Waals surface area contributed by atoms with E-state index < -0.39 is 0 Å². The third kappa shape index (κ3) is 2.54. The van der Waals surface area contributed by atoms with Crippen LogP contribution in [0.4, 0.5) is 10.3 Å². The molecule has 0 saturated heterocycles. The molecule has 0 amide bonds. The van der Waals surface area contributed by atoms with E-state index >= 15 is 0 Å². The lowest BCUT2D eigenvalue weighted by Crippen LogP contribution is -2.02. The van der Waals surface area contributed by atoms with Gasteiger partial charge in [-0.25, -0.2) is 9.37 Å². The molecule has 0 atom stereocenters. The zero-order valence-corrected chi connectivity index (χ0v) is 12.5. The van der Waals surface area contributed by atoms with Crippen LogP contribution in [0.15, 0.2) is 60.8 Å². The van der Waals surface area contributed by atoms with E-state index in [-0.39, 0.29) is 11.8 Å². The lowest BCUT2D eigenvalue weighted by molar-refractivity contribution is 0.624. The summed E-state index contributed by atoms with van der Waals surface area (Å²) in [7, 11) is 0. The third-order valence-electron chi connectivity index (χ3n) is 3.67. The summed E-state index contributed by atoms with van der Waals surface area (Å²) in [6.45, 7) is 0. The molecule has 0 unspecified atom stereocenters. The van der Waals surface area contributed by atoms with Gasteiger partial charge in [0.25, 0.3) is 0 Å². The van der Waals surface area contributed by atoms with E-state index in [0.29, 0.717) is 22.3 Å². The van der Waals surface area contributed by atoms with Crippen LogP contribution in [0.2, 0.25) is 0 Å². The summed E-state index contributed by atoms with van der Waals surface area (Å²) in [5, 5.41) is 8.75. The molecule has 0 aliphatic rings. The first-order valence-corrected chi connectivity index (χ1v) is 7.32. The first-order valence-electron chi connectivity index (χ1n) is 7.32.